The third-order valence-electron chi connectivity index (χ3n) is 3.37. The minimum atomic E-state index is 0. The Morgan fingerprint density at radius 2 is 2.35 bits per heavy atom. The van der Waals surface area contributed by atoms with Crippen LogP contribution in [0.1, 0.15) is 29.9 Å². The first-order valence-corrected chi connectivity index (χ1v) is 7.82. The number of aromatic nitrogens is 1. The summed E-state index contributed by atoms with van der Waals surface area (Å²) in [5.74, 6) is 2.21. The fourth-order valence-electron chi connectivity index (χ4n) is 2.17. The molecule has 1 saturated heterocycles. The van der Waals surface area contributed by atoms with E-state index in [4.69, 9.17) is 4.52 Å². The molecule has 0 spiro atoms. The highest BCUT2D eigenvalue weighted by molar-refractivity contribution is 7.99. The van der Waals surface area contributed by atoms with Gasteiger partial charge < -0.3 is 15.2 Å². The second-order valence-corrected chi connectivity index (χ2v) is 5.88. The lowest BCUT2D eigenvalue weighted by molar-refractivity contribution is -0.118. The molecule has 0 aliphatic carbocycles. The molecule has 0 bridgehead atoms. The average Bonchev–Trinajstić information content (AvgIpc) is 3.00. The Morgan fingerprint density at radius 3 is 2.95 bits per heavy atom. The monoisotopic (exact) mass is 319 g/mol. The normalized spacial score (nSPS) is 17.8. The lowest BCUT2D eigenvalue weighted by Crippen LogP contribution is -2.37. The van der Waals surface area contributed by atoms with E-state index in [1.807, 2.05) is 13.8 Å². The van der Waals surface area contributed by atoms with Crippen LogP contribution in [0.3, 0.4) is 0 Å². The van der Waals surface area contributed by atoms with E-state index in [2.05, 4.69) is 15.8 Å². The van der Waals surface area contributed by atoms with Crippen molar-refractivity contribution < 1.29 is 9.32 Å². The fourth-order valence-corrected chi connectivity index (χ4v) is 3.18. The van der Waals surface area contributed by atoms with E-state index in [9.17, 15) is 4.79 Å². The van der Waals surface area contributed by atoms with Gasteiger partial charge in [-0.2, -0.15) is 0 Å². The molecule has 1 aliphatic heterocycles. The summed E-state index contributed by atoms with van der Waals surface area (Å²) in [5, 5.41) is 10.2. The number of aryl methyl sites for hydroxylation is 2. The predicted molar refractivity (Wildman–Crippen MR) is 83.4 cm³/mol. The van der Waals surface area contributed by atoms with Crippen LogP contribution in [-0.2, 0) is 10.5 Å². The van der Waals surface area contributed by atoms with Gasteiger partial charge in [-0.15, -0.1) is 24.2 Å². The van der Waals surface area contributed by atoms with Crippen molar-refractivity contribution in [1.29, 1.82) is 0 Å². The predicted octanol–water partition coefficient (Wildman–Crippen LogP) is 1.81. The first-order chi connectivity index (χ1) is 9.16. The Hall–Kier alpha value is -0.720. The number of amides is 1. The Balaban J connectivity index is 0.00000200. The van der Waals surface area contributed by atoms with Crippen molar-refractivity contribution in [3.8, 4) is 0 Å². The molecule has 1 amide bonds. The van der Waals surface area contributed by atoms with E-state index in [1.54, 1.807) is 11.8 Å². The summed E-state index contributed by atoms with van der Waals surface area (Å²) in [4.78, 5) is 11.7. The van der Waals surface area contributed by atoms with Crippen LogP contribution in [0.2, 0.25) is 0 Å². The smallest absolute Gasteiger partial charge is 0.230 e. The Labute approximate surface area is 130 Å². The third-order valence-corrected chi connectivity index (χ3v) is 4.33. The highest BCUT2D eigenvalue weighted by Gasteiger charge is 2.15. The van der Waals surface area contributed by atoms with Crippen LogP contribution in [0.15, 0.2) is 4.52 Å². The third kappa shape index (κ3) is 5.00. The molecule has 1 atom stereocenters. The van der Waals surface area contributed by atoms with Crippen LogP contribution in [-0.4, -0.2) is 35.9 Å². The van der Waals surface area contributed by atoms with Crippen molar-refractivity contribution >= 4 is 30.1 Å². The highest BCUT2D eigenvalue weighted by Crippen LogP contribution is 2.19. The van der Waals surface area contributed by atoms with Crippen LogP contribution in [0.5, 0.6) is 0 Å². The zero-order valence-corrected chi connectivity index (χ0v) is 13.5. The van der Waals surface area contributed by atoms with E-state index in [0.29, 0.717) is 11.8 Å². The van der Waals surface area contributed by atoms with Gasteiger partial charge in [-0.3, -0.25) is 4.79 Å². The molecular formula is C13H22ClN3O2S. The number of halogens is 1. The molecule has 1 unspecified atom stereocenters. The lowest BCUT2D eigenvalue weighted by Gasteiger charge is -2.11. The van der Waals surface area contributed by atoms with Crippen molar-refractivity contribution in [3.05, 3.63) is 17.0 Å². The quantitative estimate of drug-likeness (QED) is 0.837. The highest BCUT2D eigenvalue weighted by atomic mass is 35.5. The molecule has 0 radical (unpaired) electrons. The minimum absolute atomic E-state index is 0. The van der Waals surface area contributed by atoms with Crippen molar-refractivity contribution in [2.45, 2.75) is 38.5 Å². The van der Waals surface area contributed by atoms with E-state index in [0.717, 1.165) is 42.3 Å². The largest absolute Gasteiger partial charge is 0.361 e. The molecule has 2 rings (SSSR count). The van der Waals surface area contributed by atoms with Gasteiger partial charge in [0.15, 0.2) is 0 Å². The molecule has 114 valence electrons. The van der Waals surface area contributed by atoms with Gasteiger partial charge in [0.1, 0.15) is 5.76 Å². The molecule has 2 N–H and O–H groups in total. The molecule has 0 aromatic carbocycles. The summed E-state index contributed by atoms with van der Waals surface area (Å²) in [6.07, 6.45) is 2.37. The van der Waals surface area contributed by atoms with Crippen molar-refractivity contribution in [2.75, 3.05) is 18.8 Å². The van der Waals surface area contributed by atoms with Gasteiger partial charge in [0.25, 0.3) is 0 Å². The van der Waals surface area contributed by atoms with E-state index >= 15 is 0 Å². The molecule has 1 aromatic heterocycles. The number of hydrogen-bond acceptors (Lipinski definition) is 5. The van der Waals surface area contributed by atoms with Crippen LogP contribution in [0, 0.1) is 13.8 Å². The number of thioether (sulfide) groups is 1. The van der Waals surface area contributed by atoms with Crippen LogP contribution in [0.4, 0.5) is 0 Å². The number of carbonyl (C=O) groups is 1. The standard InChI is InChI=1S/C13H21N3O2S.ClH/c1-9-12(10(2)18-16-9)7-19-8-13(17)15-6-11-4-3-5-14-11;/h11,14H,3-8H2,1-2H3,(H,15,17);1H. The second kappa shape index (κ2) is 8.54. The Bertz CT molecular complexity index is 414. The maximum atomic E-state index is 11.7. The molecule has 1 aliphatic rings. The zero-order valence-electron chi connectivity index (χ0n) is 11.9. The van der Waals surface area contributed by atoms with Gasteiger partial charge in [-0.05, 0) is 33.2 Å². The number of nitrogens with zero attached hydrogens (tertiary/aromatic N) is 1. The van der Waals surface area contributed by atoms with Gasteiger partial charge in [0.2, 0.25) is 5.91 Å². The van der Waals surface area contributed by atoms with Crippen LogP contribution in [0.25, 0.3) is 0 Å². The first-order valence-electron chi connectivity index (χ1n) is 6.66. The SMILES string of the molecule is Cc1noc(C)c1CSCC(=O)NCC1CCCN1.Cl. The summed E-state index contributed by atoms with van der Waals surface area (Å²) in [6, 6.07) is 0.455. The number of nitrogens with one attached hydrogen (secondary N) is 2. The summed E-state index contributed by atoms with van der Waals surface area (Å²) in [6.45, 7) is 5.64. The van der Waals surface area contributed by atoms with Gasteiger partial charge in [-0.25, -0.2) is 0 Å². The van der Waals surface area contributed by atoms with E-state index in [-0.39, 0.29) is 18.3 Å². The zero-order chi connectivity index (χ0) is 13.7. The number of carbonyl (C=O) groups excluding carboxylic acids is 1. The number of rotatable bonds is 6. The first kappa shape index (κ1) is 17.3. The summed E-state index contributed by atoms with van der Waals surface area (Å²) in [5.41, 5.74) is 2.02. The minimum Gasteiger partial charge on any atom is -0.361 e. The lowest BCUT2D eigenvalue weighted by atomic mass is 10.2. The number of hydrogen-bond donors (Lipinski definition) is 2. The second-order valence-electron chi connectivity index (χ2n) is 4.89. The molecule has 1 aromatic rings. The summed E-state index contributed by atoms with van der Waals surface area (Å²) >= 11 is 1.60. The van der Waals surface area contributed by atoms with E-state index in [1.165, 1.54) is 6.42 Å². The van der Waals surface area contributed by atoms with Crippen LogP contribution < -0.4 is 10.6 Å². The maximum Gasteiger partial charge on any atom is 0.230 e. The molecular weight excluding hydrogens is 298 g/mol. The molecule has 5 nitrogen and oxygen atoms in total. The van der Waals surface area contributed by atoms with Gasteiger partial charge in [0, 0.05) is 23.9 Å². The molecule has 7 heteroatoms. The van der Waals surface area contributed by atoms with Gasteiger partial charge >= 0.3 is 0 Å². The van der Waals surface area contributed by atoms with Crippen molar-refractivity contribution in [3.63, 3.8) is 0 Å². The molecule has 1 fully saturated rings. The van der Waals surface area contributed by atoms with Crippen molar-refractivity contribution in [1.82, 2.24) is 15.8 Å². The van der Waals surface area contributed by atoms with Gasteiger partial charge in [-0.1, -0.05) is 5.16 Å². The Kier molecular flexibility index (Phi) is 7.40. The summed E-state index contributed by atoms with van der Waals surface area (Å²) < 4.78 is 5.10. The van der Waals surface area contributed by atoms with Crippen molar-refractivity contribution in [2.24, 2.45) is 0 Å². The molecule has 0 saturated carbocycles. The Morgan fingerprint density at radius 1 is 1.55 bits per heavy atom. The molecule has 2 heterocycles. The van der Waals surface area contributed by atoms with Gasteiger partial charge in [0.05, 0.1) is 11.4 Å². The fraction of sp³-hybridized carbons (Fsp3) is 0.692. The topological polar surface area (TPSA) is 67.2 Å². The summed E-state index contributed by atoms with van der Waals surface area (Å²) in [7, 11) is 0. The molecule has 20 heavy (non-hydrogen) atoms. The maximum absolute atomic E-state index is 11.7. The van der Waals surface area contributed by atoms with E-state index < -0.39 is 0 Å². The van der Waals surface area contributed by atoms with Crippen LogP contribution >= 0.6 is 24.2 Å². The average molecular weight is 320 g/mol.